The van der Waals surface area contributed by atoms with E-state index in [2.05, 4.69) is 10.6 Å². The first kappa shape index (κ1) is 11.9. The average molecular weight is 226 g/mol. The van der Waals surface area contributed by atoms with Crippen LogP contribution in [0.15, 0.2) is 0 Å². The van der Waals surface area contributed by atoms with Crippen molar-refractivity contribution in [2.24, 2.45) is 5.92 Å². The molecule has 0 bridgehead atoms. The fourth-order valence-corrected chi connectivity index (χ4v) is 2.04. The van der Waals surface area contributed by atoms with E-state index >= 15 is 0 Å². The summed E-state index contributed by atoms with van der Waals surface area (Å²) in [7, 11) is 0. The Bertz CT molecular complexity index is 241. The van der Waals surface area contributed by atoms with Crippen LogP contribution in [0.4, 0.5) is 0 Å². The third-order valence-corrected chi connectivity index (χ3v) is 3.23. The van der Waals surface area contributed by atoms with Crippen molar-refractivity contribution in [2.75, 3.05) is 19.7 Å². The van der Waals surface area contributed by atoms with Gasteiger partial charge in [-0.25, -0.2) is 0 Å². The molecule has 1 saturated heterocycles. The SMILES string of the molecule is CC1CC(C(=O)NCCCNC2CC2)CO1. The zero-order valence-corrected chi connectivity index (χ0v) is 10.00. The Morgan fingerprint density at radius 2 is 2.19 bits per heavy atom. The minimum atomic E-state index is 0.0754. The molecule has 1 aliphatic carbocycles. The second-order valence-corrected chi connectivity index (χ2v) is 4.95. The lowest BCUT2D eigenvalue weighted by molar-refractivity contribution is -0.124. The molecule has 2 N–H and O–H groups in total. The van der Waals surface area contributed by atoms with Gasteiger partial charge in [0.2, 0.25) is 5.91 Å². The lowest BCUT2D eigenvalue weighted by atomic mass is 10.1. The highest BCUT2D eigenvalue weighted by Gasteiger charge is 2.27. The van der Waals surface area contributed by atoms with E-state index in [0.717, 1.165) is 32.0 Å². The largest absolute Gasteiger partial charge is 0.378 e. The van der Waals surface area contributed by atoms with Crippen molar-refractivity contribution in [1.82, 2.24) is 10.6 Å². The van der Waals surface area contributed by atoms with E-state index in [4.69, 9.17) is 4.74 Å². The van der Waals surface area contributed by atoms with Crippen LogP contribution in [0, 0.1) is 5.92 Å². The summed E-state index contributed by atoms with van der Waals surface area (Å²) in [6, 6.07) is 0.764. The third-order valence-electron chi connectivity index (χ3n) is 3.23. The van der Waals surface area contributed by atoms with Gasteiger partial charge in [-0.2, -0.15) is 0 Å². The van der Waals surface area contributed by atoms with Gasteiger partial charge < -0.3 is 15.4 Å². The maximum atomic E-state index is 11.7. The van der Waals surface area contributed by atoms with E-state index in [1.54, 1.807) is 0 Å². The highest BCUT2D eigenvalue weighted by atomic mass is 16.5. The van der Waals surface area contributed by atoms with Gasteiger partial charge in [0.25, 0.3) is 0 Å². The predicted octanol–water partition coefficient (Wildman–Crippen LogP) is 0.670. The topological polar surface area (TPSA) is 50.4 Å². The lowest BCUT2D eigenvalue weighted by Crippen LogP contribution is -2.33. The molecule has 2 atom stereocenters. The first-order chi connectivity index (χ1) is 7.75. The molecule has 1 heterocycles. The standard InChI is InChI=1S/C12H22N2O2/c1-9-7-10(8-16-9)12(15)14-6-2-5-13-11-3-4-11/h9-11,13H,2-8H2,1H3,(H,14,15). The fraction of sp³-hybridized carbons (Fsp3) is 0.917. The van der Waals surface area contributed by atoms with Crippen molar-refractivity contribution in [3.63, 3.8) is 0 Å². The van der Waals surface area contributed by atoms with Gasteiger partial charge in [-0.15, -0.1) is 0 Å². The number of rotatable bonds is 6. The Hall–Kier alpha value is -0.610. The molecule has 0 spiro atoms. The Kier molecular flexibility index (Phi) is 4.18. The molecule has 4 nitrogen and oxygen atoms in total. The van der Waals surface area contributed by atoms with Crippen LogP contribution in [0.5, 0.6) is 0 Å². The maximum Gasteiger partial charge on any atom is 0.225 e. The summed E-state index contributed by atoms with van der Waals surface area (Å²) in [6.45, 7) is 4.41. The monoisotopic (exact) mass is 226 g/mol. The molecule has 0 radical (unpaired) electrons. The van der Waals surface area contributed by atoms with E-state index in [0.29, 0.717) is 6.61 Å². The van der Waals surface area contributed by atoms with Gasteiger partial charge in [-0.05, 0) is 39.2 Å². The fourth-order valence-electron chi connectivity index (χ4n) is 2.04. The second-order valence-electron chi connectivity index (χ2n) is 4.95. The molecule has 1 saturated carbocycles. The molecule has 16 heavy (non-hydrogen) atoms. The molecule has 2 aliphatic rings. The summed E-state index contributed by atoms with van der Waals surface area (Å²) in [4.78, 5) is 11.7. The van der Waals surface area contributed by atoms with Gasteiger partial charge >= 0.3 is 0 Å². The zero-order chi connectivity index (χ0) is 11.4. The minimum Gasteiger partial charge on any atom is -0.378 e. The van der Waals surface area contributed by atoms with Crippen molar-refractivity contribution < 1.29 is 9.53 Å². The van der Waals surface area contributed by atoms with Crippen LogP contribution < -0.4 is 10.6 Å². The number of amides is 1. The summed E-state index contributed by atoms with van der Waals surface area (Å²) < 4.78 is 5.38. The van der Waals surface area contributed by atoms with Crippen LogP contribution in [0.25, 0.3) is 0 Å². The Morgan fingerprint density at radius 1 is 1.38 bits per heavy atom. The molecule has 0 aromatic carbocycles. The normalized spacial score (nSPS) is 29.3. The average Bonchev–Trinajstić information content (AvgIpc) is 2.99. The number of hydrogen-bond donors (Lipinski definition) is 2. The van der Waals surface area contributed by atoms with Crippen molar-refractivity contribution in [3.8, 4) is 0 Å². The zero-order valence-electron chi connectivity index (χ0n) is 10.00. The molecular formula is C12H22N2O2. The number of ether oxygens (including phenoxy) is 1. The van der Waals surface area contributed by atoms with Crippen molar-refractivity contribution in [3.05, 3.63) is 0 Å². The highest BCUT2D eigenvalue weighted by molar-refractivity contribution is 5.79. The lowest BCUT2D eigenvalue weighted by Gasteiger charge is -2.09. The summed E-state index contributed by atoms with van der Waals surface area (Å²) in [5, 5.41) is 6.41. The Morgan fingerprint density at radius 3 is 2.81 bits per heavy atom. The molecule has 4 heteroatoms. The molecule has 0 aromatic heterocycles. The Balaban J connectivity index is 1.49. The summed E-state index contributed by atoms with van der Waals surface area (Å²) >= 11 is 0. The number of carbonyl (C=O) groups is 1. The van der Waals surface area contributed by atoms with Crippen LogP contribution in [-0.2, 0) is 9.53 Å². The summed E-state index contributed by atoms with van der Waals surface area (Å²) in [6.07, 6.45) is 4.78. The maximum absolute atomic E-state index is 11.7. The summed E-state index contributed by atoms with van der Waals surface area (Å²) in [5.41, 5.74) is 0. The van der Waals surface area contributed by atoms with E-state index in [9.17, 15) is 4.79 Å². The first-order valence-corrected chi connectivity index (χ1v) is 6.38. The van der Waals surface area contributed by atoms with Crippen LogP contribution in [0.2, 0.25) is 0 Å². The van der Waals surface area contributed by atoms with E-state index < -0.39 is 0 Å². The number of carbonyl (C=O) groups excluding carboxylic acids is 1. The van der Waals surface area contributed by atoms with Crippen LogP contribution in [-0.4, -0.2) is 37.7 Å². The number of hydrogen-bond acceptors (Lipinski definition) is 3. The van der Waals surface area contributed by atoms with Crippen LogP contribution in [0.3, 0.4) is 0 Å². The molecule has 1 amide bonds. The van der Waals surface area contributed by atoms with Gasteiger partial charge in [0.05, 0.1) is 18.6 Å². The van der Waals surface area contributed by atoms with Gasteiger partial charge in [0, 0.05) is 12.6 Å². The van der Waals surface area contributed by atoms with E-state index in [1.165, 1.54) is 12.8 Å². The second kappa shape index (κ2) is 5.64. The molecule has 1 aliphatic heterocycles. The van der Waals surface area contributed by atoms with Crippen LogP contribution in [0.1, 0.15) is 32.6 Å². The molecule has 2 rings (SSSR count). The molecule has 0 aromatic rings. The summed E-state index contributed by atoms with van der Waals surface area (Å²) in [5.74, 6) is 0.238. The molecule has 2 fully saturated rings. The quantitative estimate of drug-likeness (QED) is 0.655. The van der Waals surface area contributed by atoms with Crippen LogP contribution >= 0.6 is 0 Å². The Labute approximate surface area is 97.1 Å². The van der Waals surface area contributed by atoms with Gasteiger partial charge in [0.1, 0.15) is 0 Å². The minimum absolute atomic E-state index is 0.0754. The van der Waals surface area contributed by atoms with Gasteiger partial charge in [-0.1, -0.05) is 0 Å². The molecule has 92 valence electrons. The first-order valence-electron chi connectivity index (χ1n) is 6.38. The third kappa shape index (κ3) is 3.76. The van der Waals surface area contributed by atoms with Gasteiger partial charge in [-0.3, -0.25) is 4.79 Å². The van der Waals surface area contributed by atoms with Crippen molar-refractivity contribution in [1.29, 1.82) is 0 Å². The smallest absolute Gasteiger partial charge is 0.225 e. The van der Waals surface area contributed by atoms with E-state index in [1.807, 2.05) is 6.92 Å². The van der Waals surface area contributed by atoms with Gasteiger partial charge in [0.15, 0.2) is 0 Å². The van der Waals surface area contributed by atoms with Crippen molar-refractivity contribution >= 4 is 5.91 Å². The predicted molar refractivity (Wildman–Crippen MR) is 62.2 cm³/mol. The molecule has 2 unspecified atom stereocenters. The van der Waals surface area contributed by atoms with Crippen molar-refractivity contribution in [2.45, 2.75) is 44.8 Å². The highest BCUT2D eigenvalue weighted by Crippen LogP contribution is 2.19. The van der Waals surface area contributed by atoms with E-state index in [-0.39, 0.29) is 17.9 Å². The number of nitrogens with one attached hydrogen (secondary N) is 2. The molecular weight excluding hydrogens is 204 g/mol.